The molecule has 134 valence electrons. The number of carbonyl (C=O) groups excluding carboxylic acids is 1. The Kier molecular flexibility index (Phi) is 6.45. The topological polar surface area (TPSA) is 58.2 Å². The van der Waals surface area contributed by atoms with Crippen molar-refractivity contribution in [1.29, 1.82) is 0 Å². The number of ether oxygens (including phenoxy) is 1. The van der Waals surface area contributed by atoms with E-state index in [1.165, 1.54) is 0 Å². The summed E-state index contributed by atoms with van der Waals surface area (Å²) in [6.07, 6.45) is 2.14. The number of amides is 1. The molecule has 7 heteroatoms. The van der Waals surface area contributed by atoms with Gasteiger partial charge in [0.2, 0.25) is 0 Å². The van der Waals surface area contributed by atoms with Gasteiger partial charge in [-0.05, 0) is 45.4 Å². The Morgan fingerprint density at radius 3 is 2.56 bits per heavy atom. The van der Waals surface area contributed by atoms with Crippen LogP contribution in [0, 0.1) is 0 Å². The van der Waals surface area contributed by atoms with Gasteiger partial charge in [0.05, 0.1) is 27.5 Å². The second-order valence-corrected chi connectivity index (χ2v) is 8.77. The van der Waals surface area contributed by atoms with E-state index in [2.05, 4.69) is 32.4 Å². The summed E-state index contributed by atoms with van der Waals surface area (Å²) in [5.74, 6) is 0.752. The molecular formula is C18H24BrN3O2Si. The Hall–Kier alpha value is -1.60. The third-order valence-corrected chi connectivity index (χ3v) is 4.76. The first-order valence-corrected chi connectivity index (χ1v) is 10.7. The van der Waals surface area contributed by atoms with Crippen LogP contribution in [0.1, 0.15) is 39.6 Å². The van der Waals surface area contributed by atoms with Gasteiger partial charge in [-0.25, -0.2) is 9.78 Å². The van der Waals surface area contributed by atoms with Crippen LogP contribution in [0.15, 0.2) is 34.9 Å². The summed E-state index contributed by atoms with van der Waals surface area (Å²) in [6.45, 7) is 9.66. The zero-order chi connectivity index (χ0) is 18.6. The summed E-state index contributed by atoms with van der Waals surface area (Å²) in [5, 5.41) is 0. The summed E-state index contributed by atoms with van der Waals surface area (Å²) in [4.78, 5) is 22.1. The van der Waals surface area contributed by atoms with Gasteiger partial charge in [0.1, 0.15) is 11.4 Å². The van der Waals surface area contributed by atoms with E-state index in [1.807, 2.05) is 52.0 Å². The fraction of sp³-hybridized carbons (Fsp3) is 0.444. The van der Waals surface area contributed by atoms with E-state index in [9.17, 15) is 4.79 Å². The average Bonchev–Trinajstić information content (AvgIpc) is 3.01. The highest BCUT2D eigenvalue weighted by Gasteiger charge is 2.27. The second-order valence-electron chi connectivity index (χ2n) is 6.83. The zero-order valence-electron chi connectivity index (χ0n) is 15.3. The molecule has 0 spiro atoms. The number of halogens is 1. The smallest absolute Gasteiger partial charge is 0.410 e. The maximum atomic E-state index is 12.5. The lowest BCUT2D eigenvalue weighted by Crippen LogP contribution is -2.40. The van der Waals surface area contributed by atoms with Crippen LogP contribution in [0.4, 0.5) is 4.79 Å². The highest BCUT2D eigenvalue weighted by atomic mass is 79.9. The van der Waals surface area contributed by atoms with Crippen molar-refractivity contribution >= 4 is 31.5 Å². The molecule has 0 bridgehead atoms. The number of hydrogen-bond donors (Lipinski definition) is 1. The number of H-pyrrole nitrogens is 1. The van der Waals surface area contributed by atoms with Crippen LogP contribution < -0.4 is 0 Å². The van der Waals surface area contributed by atoms with Gasteiger partial charge < -0.3 is 14.6 Å². The van der Waals surface area contributed by atoms with Crippen molar-refractivity contribution in [1.82, 2.24) is 14.9 Å². The maximum absolute atomic E-state index is 12.5. The van der Waals surface area contributed by atoms with Crippen molar-refractivity contribution in [2.24, 2.45) is 0 Å². The van der Waals surface area contributed by atoms with Gasteiger partial charge >= 0.3 is 6.09 Å². The number of imidazole rings is 1. The molecule has 1 N–H and O–H groups in total. The monoisotopic (exact) mass is 421 g/mol. The largest absolute Gasteiger partial charge is 0.444 e. The van der Waals surface area contributed by atoms with Crippen molar-refractivity contribution in [3.05, 3.63) is 40.8 Å². The molecule has 0 fully saturated rings. The second kappa shape index (κ2) is 8.18. The third-order valence-electron chi connectivity index (χ3n) is 3.57. The highest BCUT2D eigenvalue weighted by Crippen LogP contribution is 2.25. The number of hydrogen-bond acceptors (Lipinski definition) is 3. The molecule has 0 aliphatic rings. The number of aromatic nitrogens is 2. The number of carbonyl (C=O) groups is 1. The molecule has 5 nitrogen and oxygen atoms in total. The summed E-state index contributed by atoms with van der Waals surface area (Å²) in [6, 6.07) is 7.83. The predicted molar refractivity (Wildman–Crippen MR) is 105 cm³/mol. The molecule has 2 radical (unpaired) electrons. The van der Waals surface area contributed by atoms with Crippen molar-refractivity contribution < 1.29 is 9.53 Å². The van der Waals surface area contributed by atoms with Crippen LogP contribution in [0.2, 0.25) is 6.55 Å². The van der Waals surface area contributed by atoms with E-state index in [0.717, 1.165) is 21.6 Å². The minimum Gasteiger partial charge on any atom is -0.444 e. The van der Waals surface area contributed by atoms with Gasteiger partial charge in [0.15, 0.2) is 0 Å². The minimum atomic E-state index is -0.516. The zero-order valence-corrected chi connectivity index (χ0v) is 17.8. The average molecular weight is 422 g/mol. The van der Waals surface area contributed by atoms with Gasteiger partial charge in [0, 0.05) is 10.6 Å². The molecule has 0 saturated heterocycles. The lowest BCUT2D eigenvalue weighted by atomic mass is 10.2. The molecule has 2 rings (SSSR count). The Morgan fingerprint density at radius 1 is 1.36 bits per heavy atom. The first-order valence-electron chi connectivity index (χ1n) is 8.16. The van der Waals surface area contributed by atoms with Crippen molar-refractivity contribution in [2.75, 3.05) is 6.17 Å². The molecule has 0 saturated carbocycles. The van der Waals surface area contributed by atoms with E-state index in [-0.39, 0.29) is 12.1 Å². The van der Waals surface area contributed by atoms with Gasteiger partial charge in [-0.1, -0.05) is 34.6 Å². The quantitative estimate of drug-likeness (QED) is 0.701. The number of nitrogens with zero attached hydrogens (tertiary/aromatic N) is 2. The van der Waals surface area contributed by atoms with Crippen molar-refractivity contribution in [3.8, 4) is 11.3 Å². The molecule has 2 aromatic rings. The Balaban J connectivity index is 2.20. The number of aromatic amines is 1. The summed E-state index contributed by atoms with van der Waals surface area (Å²) in [7, 11) is 0.611. The molecule has 1 amide bonds. The molecule has 1 aromatic heterocycles. The van der Waals surface area contributed by atoms with Gasteiger partial charge in [-0.2, -0.15) is 0 Å². The molecule has 1 aromatic carbocycles. The van der Waals surface area contributed by atoms with E-state index in [1.54, 1.807) is 11.1 Å². The number of benzene rings is 1. The highest BCUT2D eigenvalue weighted by molar-refractivity contribution is 9.10. The number of nitrogens with one attached hydrogen (secondary N) is 1. The molecule has 25 heavy (non-hydrogen) atoms. The van der Waals surface area contributed by atoms with Crippen molar-refractivity contribution in [2.45, 2.75) is 45.9 Å². The molecule has 0 aliphatic heterocycles. The molecule has 1 unspecified atom stereocenters. The first-order chi connectivity index (χ1) is 11.7. The van der Waals surface area contributed by atoms with Gasteiger partial charge in [-0.15, -0.1) is 0 Å². The fourth-order valence-electron chi connectivity index (χ4n) is 2.32. The molecule has 1 atom stereocenters. The van der Waals surface area contributed by atoms with E-state index < -0.39 is 5.60 Å². The summed E-state index contributed by atoms with van der Waals surface area (Å²) in [5.41, 5.74) is 1.46. The van der Waals surface area contributed by atoms with Crippen LogP contribution in [0.25, 0.3) is 11.3 Å². The van der Waals surface area contributed by atoms with Gasteiger partial charge in [-0.3, -0.25) is 0 Å². The summed E-state index contributed by atoms with van der Waals surface area (Å²) < 4.78 is 6.58. The normalized spacial score (nSPS) is 12.7. The lowest BCUT2D eigenvalue weighted by molar-refractivity contribution is 0.0208. The lowest BCUT2D eigenvalue weighted by Gasteiger charge is -2.30. The third kappa shape index (κ3) is 5.44. The van der Waals surface area contributed by atoms with E-state index >= 15 is 0 Å². The van der Waals surface area contributed by atoms with Gasteiger partial charge in [0.25, 0.3) is 0 Å². The van der Waals surface area contributed by atoms with Crippen LogP contribution in [0.3, 0.4) is 0 Å². The maximum Gasteiger partial charge on any atom is 0.410 e. The molecule has 0 aliphatic carbocycles. The molecular weight excluding hydrogens is 398 g/mol. The SMILES string of the molecule is C[Si]CN(C(=O)OC(C)(C)C)C(C)c1ncc(-c2ccc(Br)cc2)[nH]1. The van der Waals surface area contributed by atoms with Crippen LogP contribution in [-0.4, -0.2) is 42.2 Å². The van der Waals surface area contributed by atoms with Crippen LogP contribution in [-0.2, 0) is 4.74 Å². The summed E-state index contributed by atoms with van der Waals surface area (Å²) >= 11 is 3.44. The van der Waals surface area contributed by atoms with Crippen LogP contribution >= 0.6 is 15.9 Å². The first kappa shape index (κ1) is 19.7. The Bertz CT molecular complexity index is 710. The fourth-order valence-corrected chi connectivity index (χ4v) is 3.33. The Labute approximate surface area is 160 Å². The Morgan fingerprint density at radius 2 is 2.00 bits per heavy atom. The number of rotatable bonds is 5. The van der Waals surface area contributed by atoms with Crippen molar-refractivity contribution in [3.63, 3.8) is 0 Å². The molecule has 1 heterocycles. The minimum absolute atomic E-state index is 0.188. The standard InChI is InChI=1S/C18H24BrN3O2Si/c1-12(22(11-25-5)17(23)24-18(2,3)4)16-20-10-15(21-16)13-6-8-14(19)9-7-13/h6-10,12H,11H2,1-5H3,(H,20,21). The van der Waals surface area contributed by atoms with E-state index in [4.69, 9.17) is 4.74 Å². The predicted octanol–water partition coefficient (Wildman–Crippen LogP) is 4.85. The van der Waals surface area contributed by atoms with Crippen LogP contribution in [0.5, 0.6) is 0 Å². The van der Waals surface area contributed by atoms with E-state index in [0.29, 0.717) is 15.7 Å².